The van der Waals surface area contributed by atoms with Crippen molar-refractivity contribution in [3.8, 4) is 0 Å². The summed E-state index contributed by atoms with van der Waals surface area (Å²) < 4.78 is 10.8. The Kier molecular flexibility index (Phi) is 4.00. The molecule has 2 heterocycles. The molecule has 2 aliphatic rings. The van der Waals surface area contributed by atoms with E-state index in [0.717, 1.165) is 51.7 Å². The zero-order chi connectivity index (χ0) is 10.6. The van der Waals surface area contributed by atoms with Crippen molar-refractivity contribution in [3.63, 3.8) is 0 Å². The van der Waals surface area contributed by atoms with Crippen LogP contribution in [0.2, 0.25) is 0 Å². The molecule has 0 unspecified atom stereocenters. The fraction of sp³-hybridized carbons (Fsp3) is 1.00. The van der Waals surface area contributed by atoms with Gasteiger partial charge in [-0.3, -0.25) is 0 Å². The highest BCUT2D eigenvalue weighted by Gasteiger charge is 2.34. The third-order valence-electron chi connectivity index (χ3n) is 4.05. The first-order valence-electron chi connectivity index (χ1n) is 6.20. The maximum Gasteiger partial charge on any atom is 0.0471 e. The molecule has 2 N–H and O–H groups in total. The Labute approximate surface area is 92.3 Å². The minimum absolute atomic E-state index is 0.375. The van der Waals surface area contributed by atoms with Crippen molar-refractivity contribution < 1.29 is 9.47 Å². The molecule has 2 rings (SSSR count). The van der Waals surface area contributed by atoms with E-state index in [9.17, 15) is 0 Å². The first-order chi connectivity index (χ1) is 7.35. The molecule has 0 bridgehead atoms. The lowest BCUT2D eigenvalue weighted by molar-refractivity contribution is -0.00992. The molecule has 0 aromatic rings. The van der Waals surface area contributed by atoms with Crippen LogP contribution in [-0.2, 0) is 9.47 Å². The van der Waals surface area contributed by atoms with Gasteiger partial charge in [0, 0.05) is 26.4 Å². The maximum absolute atomic E-state index is 5.97. The average Bonchev–Trinajstić information content (AvgIpc) is 2.32. The van der Waals surface area contributed by atoms with Crippen LogP contribution in [-0.4, -0.2) is 33.0 Å². The molecule has 0 aromatic heterocycles. The van der Waals surface area contributed by atoms with Gasteiger partial charge >= 0.3 is 0 Å². The van der Waals surface area contributed by atoms with Crippen LogP contribution < -0.4 is 5.73 Å². The third kappa shape index (κ3) is 2.92. The van der Waals surface area contributed by atoms with E-state index in [4.69, 9.17) is 15.2 Å². The van der Waals surface area contributed by atoms with Crippen molar-refractivity contribution in [2.24, 2.45) is 17.1 Å². The lowest BCUT2D eigenvalue weighted by Crippen LogP contribution is -2.39. The van der Waals surface area contributed by atoms with Crippen LogP contribution in [0, 0.1) is 11.3 Å². The Bertz CT molecular complexity index is 184. The zero-order valence-corrected chi connectivity index (χ0v) is 9.54. The van der Waals surface area contributed by atoms with Crippen molar-refractivity contribution in [1.29, 1.82) is 0 Å². The molecule has 15 heavy (non-hydrogen) atoms. The topological polar surface area (TPSA) is 44.5 Å². The van der Waals surface area contributed by atoms with Crippen molar-refractivity contribution in [2.75, 3.05) is 33.0 Å². The van der Waals surface area contributed by atoms with Crippen molar-refractivity contribution >= 4 is 0 Å². The average molecular weight is 213 g/mol. The van der Waals surface area contributed by atoms with E-state index in [0.29, 0.717) is 5.41 Å². The van der Waals surface area contributed by atoms with Crippen LogP contribution >= 0.6 is 0 Å². The minimum atomic E-state index is 0.375. The summed E-state index contributed by atoms with van der Waals surface area (Å²) in [5.74, 6) is 0.834. The van der Waals surface area contributed by atoms with Crippen molar-refractivity contribution in [2.45, 2.75) is 32.1 Å². The Hall–Kier alpha value is -0.120. The lowest BCUT2D eigenvalue weighted by atomic mass is 9.72. The van der Waals surface area contributed by atoms with Crippen LogP contribution in [0.1, 0.15) is 32.1 Å². The summed E-state index contributed by atoms with van der Waals surface area (Å²) in [4.78, 5) is 0. The molecular formula is C12H23NO2. The Morgan fingerprint density at radius 1 is 1.00 bits per heavy atom. The summed E-state index contributed by atoms with van der Waals surface area (Å²) in [5.41, 5.74) is 6.34. The molecule has 88 valence electrons. The molecule has 0 spiro atoms. The lowest BCUT2D eigenvalue weighted by Gasteiger charge is -2.39. The third-order valence-corrected chi connectivity index (χ3v) is 4.05. The fourth-order valence-corrected chi connectivity index (χ4v) is 2.86. The Morgan fingerprint density at radius 3 is 2.20 bits per heavy atom. The predicted molar refractivity (Wildman–Crippen MR) is 59.7 cm³/mol. The molecular weight excluding hydrogens is 190 g/mol. The second-order valence-corrected chi connectivity index (χ2v) is 5.08. The normalized spacial score (nSPS) is 27.8. The van der Waals surface area contributed by atoms with Crippen LogP contribution in [0.4, 0.5) is 0 Å². The first kappa shape index (κ1) is 11.4. The van der Waals surface area contributed by atoms with E-state index in [1.165, 1.54) is 19.3 Å². The van der Waals surface area contributed by atoms with Gasteiger partial charge in [-0.05, 0) is 50.0 Å². The maximum atomic E-state index is 5.97. The highest BCUT2D eigenvalue weighted by molar-refractivity contribution is 4.85. The van der Waals surface area contributed by atoms with Crippen LogP contribution in [0.3, 0.4) is 0 Å². The quantitative estimate of drug-likeness (QED) is 0.773. The standard InChI is InChI=1S/C12H23NO2/c13-10-12(3-7-15-8-4-12)9-11-1-5-14-6-2-11/h11H,1-10,13H2. The van der Waals surface area contributed by atoms with E-state index in [2.05, 4.69) is 0 Å². The van der Waals surface area contributed by atoms with E-state index in [1.807, 2.05) is 0 Å². The second-order valence-electron chi connectivity index (χ2n) is 5.08. The molecule has 0 atom stereocenters. The molecule has 0 radical (unpaired) electrons. The highest BCUT2D eigenvalue weighted by atomic mass is 16.5. The molecule has 0 saturated carbocycles. The van der Waals surface area contributed by atoms with Gasteiger partial charge in [0.15, 0.2) is 0 Å². The SMILES string of the molecule is NCC1(CC2CCOCC2)CCOCC1. The molecule has 0 aliphatic carbocycles. The van der Waals surface area contributed by atoms with Gasteiger partial charge in [0.1, 0.15) is 0 Å². The number of hydrogen-bond acceptors (Lipinski definition) is 3. The van der Waals surface area contributed by atoms with E-state index in [-0.39, 0.29) is 0 Å². The largest absolute Gasteiger partial charge is 0.381 e. The molecule has 2 saturated heterocycles. The van der Waals surface area contributed by atoms with Gasteiger partial charge in [-0.15, -0.1) is 0 Å². The smallest absolute Gasteiger partial charge is 0.0471 e. The van der Waals surface area contributed by atoms with Gasteiger partial charge in [0.05, 0.1) is 0 Å². The predicted octanol–water partition coefficient (Wildman–Crippen LogP) is 1.56. The van der Waals surface area contributed by atoms with E-state index in [1.54, 1.807) is 0 Å². The molecule has 3 nitrogen and oxygen atoms in total. The summed E-state index contributed by atoms with van der Waals surface area (Å²) in [6.07, 6.45) is 6.04. The van der Waals surface area contributed by atoms with Crippen LogP contribution in [0.5, 0.6) is 0 Å². The monoisotopic (exact) mass is 213 g/mol. The van der Waals surface area contributed by atoms with E-state index < -0.39 is 0 Å². The van der Waals surface area contributed by atoms with Crippen molar-refractivity contribution in [3.05, 3.63) is 0 Å². The summed E-state index contributed by atoms with van der Waals surface area (Å²) in [6, 6.07) is 0. The molecule has 0 aromatic carbocycles. The summed E-state index contributed by atoms with van der Waals surface area (Å²) in [6.45, 7) is 4.53. The number of nitrogens with two attached hydrogens (primary N) is 1. The van der Waals surface area contributed by atoms with Gasteiger partial charge < -0.3 is 15.2 Å². The van der Waals surface area contributed by atoms with Gasteiger partial charge in [-0.2, -0.15) is 0 Å². The molecule has 3 heteroatoms. The molecule has 0 amide bonds. The molecule has 2 fully saturated rings. The highest BCUT2D eigenvalue weighted by Crippen LogP contribution is 2.38. The number of rotatable bonds is 3. The minimum Gasteiger partial charge on any atom is -0.381 e. The van der Waals surface area contributed by atoms with Crippen LogP contribution in [0.15, 0.2) is 0 Å². The summed E-state index contributed by atoms with van der Waals surface area (Å²) in [5, 5.41) is 0. The first-order valence-corrected chi connectivity index (χ1v) is 6.20. The van der Waals surface area contributed by atoms with Gasteiger partial charge in [0.25, 0.3) is 0 Å². The Balaban J connectivity index is 1.87. The number of ether oxygens (including phenoxy) is 2. The summed E-state index contributed by atoms with van der Waals surface area (Å²) >= 11 is 0. The van der Waals surface area contributed by atoms with Crippen molar-refractivity contribution in [1.82, 2.24) is 0 Å². The van der Waals surface area contributed by atoms with Crippen LogP contribution in [0.25, 0.3) is 0 Å². The summed E-state index contributed by atoms with van der Waals surface area (Å²) in [7, 11) is 0. The number of hydrogen-bond donors (Lipinski definition) is 1. The second kappa shape index (κ2) is 5.28. The fourth-order valence-electron chi connectivity index (χ4n) is 2.86. The zero-order valence-electron chi connectivity index (χ0n) is 9.54. The van der Waals surface area contributed by atoms with Gasteiger partial charge in [-0.1, -0.05) is 0 Å². The molecule has 2 aliphatic heterocycles. The van der Waals surface area contributed by atoms with E-state index >= 15 is 0 Å². The Morgan fingerprint density at radius 2 is 1.60 bits per heavy atom. The van der Waals surface area contributed by atoms with Gasteiger partial charge in [-0.25, -0.2) is 0 Å². The van der Waals surface area contributed by atoms with Gasteiger partial charge in [0.2, 0.25) is 0 Å².